The van der Waals surface area contributed by atoms with Crippen molar-refractivity contribution < 1.29 is 9.47 Å². The summed E-state index contributed by atoms with van der Waals surface area (Å²) in [6, 6.07) is 8.14. The van der Waals surface area contributed by atoms with Crippen molar-refractivity contribution in [1.29, 1.82) is 0 Å². The van der Waals surface area contributed by atoms with Crippen molar-refractivity contribution in [3.05, 3.63) is 29.8 Å². The van der Waals surface area contributed by atoms with Crippen LogP contribution in [0.4, 0.5) is 0 Å². The molecule has 0 heterocycles. The molecule has 1 aromatic carbocycles. The van der Waals surface area contributed by atoms with Crippen LogP contribution in [0.2, 0.25) is 0 Å². The van der Waals surface area contributed by atoms with Gasteiger partial charge in [0.05, 0.1) is 13.2 Å². The molecule has 0 amide bonds. The molecule has 0 aliphatic carbocycles. The topological polar surface area (TPSA) is 68.9 Å². The molecule has 0 aromatic heterocycles. The Balaban J connectivity index is 2.19. The number of guanidine groups is 1. The standard InChI is InChI=1S/C15H25N3O2/c1-12-7-4-5-8-14(12)20-10-6-9-17-15(16)18-13(2)11-19-3/h4-5,7-8,13H,6,9-11H2,1-3H3,(H3,16,17,18). The van der Waals surface area contributed by atoms with Crippen LogP contribution in [0, 0.1) is 6.92 Å². The zero-order valence-corrected chi connectivity index (χ0v) is 12.6. The molecule has 5 nitrogen and oxygen atoms in total. The summed E-state index contributed by atoms with van der Waals surface area (Å²) in [7, 11) is 1.66. The van der Waals surface area contributed by atoms with Gasteiger partial charge in [-0.2, -0.15) is 0 Å². The molecule has 0 fully saturated rings. The number of rotatable bonds is 8. The van der Waals surface area contributed by atoms with Crippen molar-refractivity contribution in [2.24, 2.45) is 10.7 Å². The van der Waals surface area contributed by atoms with E-state index in [1.807, 2.05) is 38.1 Å². The maximum Gasteiger partial charge on any atom is 0.188 e. The minimum atomic E-state index is 0.159. The Kier molecular flexibility index (Phi) is 7.50. The molecule has 0 bridgehead atoms. The molecule has 20 heavy (non-hydrogen) atoms. The monoisotopic (exact) mass is 279 g/mol. The van der Waals surface area contributed by atoms with E-state index in [4.69, 9.17) is 15.2 Å². The summed E-state index contributed by atoms with van der Waals surface area (Å²) < 4.78 is 10.7. The van der Waals surface area contributed by atoms with Crippen LogP contribution in [0.3, 0.4) is 0 Å². The van der Waals surface area contributed by atoms with E-state index in [2.05, 4.69) is 10.3 Å². The van der Waals surface area contributed by atoms with Gasteiger partial charge >= 0.3 is 0 Å². The zero-order chi connectivity index (χ0) is 14.8. The van der Waals surface area contributed by atoms with Crippen molar-refractivity contribution in [3.8, 4) is 5.75 Å². The number of aryl methyl sites for hydroxylation is 1. The third-order valence-electron chi connectivity index (χ3n) is 2.75. The highest BCUT2D eigenvalue weighted by molar-refractivity contribution is 5.78. The van der Waals surface area contributed by atoms with Gasteiger partial charge in [-0.05, 0) is 25.5 Å². The molecule has 0 aliphatic heterocycles. The van der Waals surface area contributed by atoms with Gasteiger partial charge in [-0.15, -0.1) is 0 Å². The van der Waals surface area contributed by atoms with E-state index in [9.17, 15) is 0 Å². The Bertz CT molecular complexity index is 421. The molecule has 0 aliphatic rings. The molecule has 0 saturated carbocycles. The predicted octanol–water partition coefficient (Wildman–Crippen LogP) is 1.70. The number of nitrogens with zero attached hydrogens (tertiary/aromatic N) is 1. The fraction of sp³-hybridized carbons (Fsp3) is 0.533. The largest absolute Gasteiger partial charge is 0.493 e. The summed E-state index contributed by atoms with van der Waals surface area (Å²) in [5.41, 5.74) is 6.91. The van der Waals surface area contributed by atoms with E-state index in [1.54, 1.807) is 7.11 Å². The van der Waals surface area contributed by atoms with Crippen LogP contribution in [-0.2, 0) is 4.74 Å². The van der Waals surface area contributed by atoms with Gasteiger partial charge in [-0.25, -0.2) is 0 Å². The lowest BCUT2D eigenvalue weighted by molar-refractivity contribution is 0.179. The average Bonchev–Trinajstić information content (AvgIpc) is 2.40. The number of methoxy groups -OCH3 is 1. The Morgan fingerprint density at radius 2 is 2.15 bits per heavy atom. The number of benzene rings is 1. The van der Waals surface area contributed by atoms with E-state index < -0.39 is 0 Å². The normalized spacial score (nSPS) is 13.1. The lowest BCUT2D eigenvalue weighted by Gasteiger charge is -2.13. The SMILES string of the molecule is COCC(C)NC(N)=NCCCOc1ccccc1C. The number of nitrogens with one attached hydrogen (secondary N) is 1. The number of hydrogen-bond donors (Lipinski definition) is 2. The van der Waals surface area contributed by atoms with Crippen molar-refractivity contribution in [2.75, 3.05) is 26.9 Å². The Hall–Kier alpha value is -1.75. The van der Waals surface area contributed by atoms with Crippen LogP contribution in [0.5, 0.6) is 5.75 Å². The number of hydrogen-bond acceptors (Lipinski definition) is 3. The van der Waals surface area contributed by atoms with Gasteiger partial charge in [0.25, 0.3) is 0 Å². The first-order chi connectivity index (χ1) is 9.63. The molecule has 0 radical (unpaired) electrons. The van der Waals surface area contributed by atoms with Gasteiger partial charge in [0, 0.05) is 26.1 Å². The van der Waals surface area contributed by atoms with Gasteiger partial charge in [0.15, 0.2) is 5.96 Å². The summed E-state index contributed by atoms with van der Waals surface area (Å²) in [4.78, 5) is 4.25. The lowest BCUT2D eigenvalue weighted by Crippen LogP contribution is -2.40. The number of ether oxygens (including phenoxy) is 2. The first-order valence-corrected chi connectivity index (χ1v) is 6.87. The molecule has 0 saturated heterocycles. The Labute approximate surface area is 121 Å². The molecular weight excluding hydrogens is 254 g/mol. The number of para-hydroxylation sites is 1. The minimum absolute atomic E-state index is 0.159. The Morgan fingerprint density at radius 3 is 2.85 bits per heavy atom. The molecule has 3 N–H and O–H groups in total. The first kappa shape index (κ1) is 16.3. The molecule has 1 atom stereocenters. The van der Waals surface area contributed by atoms with E-state index in [0.717, 1.165) is 17.7 Å². The average molecular weight is 279 g/mol. The van der Waals surface area contributed by atoms with Gasteiger partial charge in [0.1, 0.15) is 5.75 Å². The summed E-state index contributed by atoms with van der Waals surface area (Å²) in [6.45, 7) is 5.91. The van der Waals surface area contributed by atoms with Crippen molar-refractivity contribution >= 4 is 5.96 Å². The molecule has 1 unspecified atom stereocenters. The second-order valence-electron chi connectivity index (χ2n) is 4.74. The quantitative estimate of drug-likeness (QED) is 0.432. The van der Waals surface area contributed by atoms with Crippen molar-refractivity contribution in [2.45, 2.75) is 26.3 Å². The van der Waals surface area contributed by atoms with E-state index in [0.29, 0.717) is 25.7 Å². The highest BCUT2D eigenvalue weighted by Crippen LogP contribution is 2.15. The van der Waals surface area contributed by atoms with Crippen molar-refractivity contribution in [1.82, 2.24) is 5.32 Å². The summed E-state index contributed by atoms with van der Waals surface area (Å²) >= 11 is 0. The lowest BCUT2D eigenvalue weighted by atomic mass is 10.2. The summed E-state index contributed by atoms with van der Waals surface area (Å²) in [5, 5.41) is 3.06. The van der Waals surface area contributed by atoms with Crippen LogP contribution in [0.1, 0.15) is 18.9 Å². The predicted molar refractivity (Wildman–Crippen MR) is 82.3 cm³/mol. The summed E-state index contributed by atoms with van der Waals surface area (Å²) in [6.07, 6.45) is 0.829. The van der Waals surface area contributed by atoms with Gasteiger partial charge in [-0.1, -0.05) is 18.2 Å². The molecular formula is C15H25N3O2. The maximum atomic E-state index is 5.76. The van der Waals surface area contributed by atoms with Crippen molar-refractivity contribution in [3.63, 3.8) is 0 Å². The third kappa shape index (κ3) is 6.43. The van der Waals surface area contributed by atoms with E-state index in [-0.39, 0.29) is 6.04 Å². The van der Waals surface area contributed by atoms with Gasteiger partial charge in [0.2, 0.25) is 0 Å². The summed E-state index contributed by atoms with van der Waals surface area (Å²) in [5.74, 6) is 1.38. The fourth-order valence-corrected chi connectivity index (χ4v) is 1.75. The van der Waals surface area contributed by atoms with Crippen LogP contribution < -0.4 is 15.8 Å². The smallest absolute Gasteiger partial charge is 0.188 e. The maximum absolute atomic E-state index is 5.76. The second kappa shape index (κ2) is 9.20. The first-order valence-electron chi connectivity index (χ1n) is 6.87. The Morgan fingerprint density at radius 1 is 1.40 bits per heavy atom. The highest BCUT2D eigenvalue weighted by atomic mass is 16.5. The fourth-order valence-electron chi connectivity index (χ4n) is 1.75. The molecule has 5 heteroatoms. The van der Waals surface area contributed by atoms with Crippen LogP contribution in [0.25, 0.3) is 0 Å². The second-order valence-corrected chi connectivity index (χ2v) is 4.74. The van der Waals surface area contributed by atoms with E-state index in [1.165, 1.54) is 0 Å². The zero-order valence-electron chi connectivity index (χ0n) is 12.6. The van der Waals surface area contributed by atoms with Gasteiger partial charge < -0.3 is 20.5 Å². The molecule has 1 aromatic rings. The third-order valence-corrected chi connectivity index (χ3v) is 2.75. The highest BCUT2D eigenvalue weighted by Gasteiger charge is 2.01. The number of aliphatic imine (C=N–C) groups is 1. The number of nitrogens with two attached hydrogens (primary N) is 1. The van der Waals surface area contributed by atoms with Crippen LogP contribution in [0.15, 0.2) is 29.3 Å². The molecule has 0 spiro atoms. The van der Waals surface area contributed by atoms with E-state index >= 15 is 0 Å². The van der Waals surface area contributed by atoms with Gasteiger partial charge in [-0.3, -0.25) is 4.99 Å². The van der Waals surface area contributed by atoms with Crippen LogP contribution in [-0.4, -0.2) is 38.9 Å². The van der Waals surface area contributed by atoms with Crippen LogP contribution >= 0.6 is 0 Å². The molecule has 1 rings (SSSR count). The molecule has 112 valence electrons. The minimum Gasteiger partial charge on any atom is -0.493 e.